The molecule has 2 aromatic carbocycles. The third-order valence-electron chi connectivity index (χ3n) is 6.79. The predicted octanol–water partition coefficient (Wildman–Crippen LogP) is 5.32. The van der Waals surface area contributed by atoms with Crippen molar-refractivity contribution in [2.45, 2.75) is 31.6 Å². The maximum Gasteiger partial charge on any atom is 0.275 e. The molecule has 4 aromatic rings. The number of hydrogen-bond acceptors (Lipinski definition) is 7. The lowest BCUT2D eigenvalue weighted by Crippen LogP contribution is -2.38. The second-order valence-corrected chi connectivity index (χ2v) is 10.1. The second kappa shape index (κ2) is 11.5. The summed E-state index contributed by atoms with van der Waals surface area (Å²) in [6, 6.07) is 16.3. The largest absolute Gasteiger partial charge is 0.497 e. The summed E-state index contributed by atoms with van der Waals surface area (Å²) in [5, 5.41) is 6.58. The molecule has 0 spiro atoms. The number of aromatic nitrogens is 2. The molecule has 9 heteroatoms. The first-order chi connectivity index (χ1) is 18.5. The summed E-state index contributed by atoms with van der Waals surface area (Å²) in [6.45, 7) is 1.24. The zero-order chi connectivity index (χ0) is 26.5. The topological polar surface area (TPSA) is 101 Å². The van der Waals surface area contributed by atoms with Crippen LogP contribution in [0.25, 0.3) is 10.9 Å². The van der Waals surface area contributed by atoms with Gasteiger partial charge in [0.15, 0.2) is 5.78 Å². The number of rotatable bonds is 8. The minimum Gasteiger partial charge on any atom is -0.497 e. The van der Waals surface area contributed by atoms with Crippen molar-refractivity contribution in [3.63, 3.8) is 0 Å². The fourth-order valence-electron chi connectivity index (χ4n) is 4.60. The zero-order valence-corrected chi connectivity index (χ0v) is 21.9. The Balaban J connectivity index is 1.10. The van der Waals surface area contributed by atoms with Crippen molar-refractivity contribution in [2.24, 2.45) is 0 Å². The van der Waals surface area contributed by atoms with Crippen molar-refractivity contribution < 1.29 is 19.1 Å². The highest BCUT2D eigenvalue weighted by Gasteiger charge is 2.26. The molecule has 38 heavy (non-hydrogen) atoms. The number of carbonyl (C=O) groups is 3. The van der Waals surface area contributed by atoms with Crippen molar-refractivity contribution in [3.05, 3.63) is 82.4 Å². The van der Waals surface area contributed by atoms with E-state index in [-0.39, 0.29) is 36.4 Å². The van der Waals surface area contributed by atoms with Gasteiger partial charge in [0.1, 0.15) is 11.4 Å². The number of amides is 2. The Morgan fingerprint density at radius 1 is 1.05 bits per heavy atom. The predicted molar refractivity (Wildman–Crippen MR) is 147 cm³/mol. The number of fused-ring (bicyclic) bond motifs is 1. The van der Waals surface area contributed by atoms with Gasteiger partial charge in [-0.25, -0.2) is 4.98 Å². The quantitative estimate of drug-likeness (QED) is 0.311. The molecule has 0 bridgehead atoms. The van der Waals surface area contributed by atoms with Crippen molar-refractivity contribution in [1.29, 1.82) is 0 Å². The lowest BCUT2D eigenvalue weighted by atomic mass is 9.97. The monoisotopic (exact) mass is 528 g/mol. The van der Waals surface area contributed by atoms with E-state index in [0.717, 1.165) is 28.8 Å². The number of nitrogens with zero attached hydrogens (tertiary/aromatic N) is 3. The van der Waals surface area contributed by atoms with Crippen LogP contribution in [0.5, 0.6) is 5.75 Å². The molecule has 8 nitrogen and oxygen atoms in total. The summed E-state index contributed by atoms with van der Waals surface area (Å²) >= 11 is 1.48. The number of hydrogen-bond donors (Lipinski definition) is 1. The summed E-state index contributed by atoms with van der Waals surface area (Å²) < 4.78 is 5.12. The third kappa shape index (κ3) is 5.89. The molecule has 1 saturated heterocycles. The van der Waals surface area contributed by atoms with Gasteiger partial charge in [0, 0.05) is 60.1 Å². The van der Waals surface area contributed by atoms with E-state index in [1.54, 1.807) is 43.0 Å². The number of Topliss-reactive ketones (excluding diaryl/α,β-unsaturated/α-hetero) is 1. The van der Waals surface area contributed by atoms with Crippen LogP contribution < -0.4 is 10.1 Å². The van der Waals surface area contributed by atoms with Gasteiger partial charge in [-0.2, -0.15) is 0 Å². The summed E-state index contributed by atoms with van der Waals surface area (Å²) in [5.74, 6) is 0.597. The number of likely N-dealkylation sites (tertiary alicyclic amines) is 1. The van der Waals surface area contributed by atoms with Gasteiger partial charge in [-0.15, -0.1) is 11.3 Å². The first kappa shape index (κ1) is 25.5. The maximum absolute atomic E-state index is 12.8. The summed E-state index contributed by atoms with van der Waals surface area (Å²) in [4.78, 5) is 48.7. The summed E-state index contributed by atoms with van der Waals surface area (Å²) in [7, 11) is 1.58. The minimum absolute atomic E-state index is 0.00453. The Kier molecular flexibility index (Phi) is 7.74. The van der Waals surface area contributed by atoms with E-state index in [2.05, 4.69) is 15.3 Å². The fourth-order valence-corrected chi connectivity index (χ4v) is 5.57. The van der Waals surface area contributed by atoms with E-state index >= 15 is 0 Å². The highest BCUT2D eigenvalue weighted by molar-refractivity contribution is 7.10. The molecule has 0 saturated carbocycles. The Morgan fingerprint density at radius 3 is 2.61 bits per heavy atom. The molecule has 0 unspecified atom stereocenters. The number of benzene rings is 2. The molecule has 0 atom stereocenters. The van der Waals surface area contributed by atoms with Crippen LogP contribution in [-0.2, 0) is 4.79 Å². The van der Waals surface area contributed by atoms with E-state index in [4.69, 9.17) is 4.74 Å². The van der Waals surface area contributed by atoms with Crippen LogP contribution in [0.3, 0.4) is 0 Å². The highest BCUT2D eigenvalue weighted by Crippen LogP contribution is 2.31. The van der Waals surface area contributed by atoms with Crippen molar-refractivity contribution >= 4 is 45.5 Å². The Labute approximate surface area is 224 Å². The second-order valence-electron chi connectivity index (χ2n) is 9.24. The molecule has 2 aromatic heterocycles. The number of ketones is 1. The van der Waals surface area contributed by atoms with Gasteiger partial charge in [-0.05, 0) is 61.4 Å². The van der Waals surface area contributed by atoms with Crippen molar-refractivity contribution in [1.82, 2.24) is 14.9 Å². The van der Waals surface area contributed by atoms with Gasteiger partial charge < -0.3 is 15.0 Å². The molecule has 0 radical (unpaired) electrons. The number of anilines is 1. The number of nitrogens with one attached hydrogen (secondary N) is 1. The number of pyridine rings is 1. The number of carbonyl (C=O) groups excluding carboxylic acids is 3. The number of piperidine rings is 1. The fraction of sp³-hybridized carbons (Fsp3) is 0.276. The first-order valence-corrected chi connectivity index (χ1v) is 13.4. The van der Waals surface area contributed by atoms with Gasteiger partial charge in [-0.3, -0.25) is 19.4 Å². The van der Waals surface area contributed by atoms with E-state index in [9.17, 15) is 14.4 Å². The molecule has 1 fully saturated rings. The van der Waals surface area contributed by atoms with Gasteiger partial charge in [0.2, 0.25) is 5.91 Å². The number of methoxy groups -OCH3 is 1. The Morgan fingerprint density at radius 2 is 1.84 bits per heavy atom. The average molecular weight is 529 g/mol. The molecule has 3 heterocycles. The highest BCUT2D eigenvalue weighted by atomic mass is 32.1. The molecule has 2 amide bonds. The molecule has 1 aliphatic heterocycles. The van der Waals surface area contributed by atoms with E-state index in [0.29, 0.717) is 35.8 Å². The number of ether oxygens (including phenoxy) is 1. The normalized spacial score (nSPS) is 13.9. The lowest BCUT2D eigenvalue weighted by Gasteiger charge is -2.31. The van der Waals surface area contributed by atoms with Crippen LogP contribution >= 0.6 is 11.3 Å². The number of thiazole rings is 1. The molecule has 1 N–H and O–H groups in total. The molecular weight excluding hydrogens is 500 g/mol. The molecule has 5 rings (SSSR count). The van der Waals surface area contributed by atoms with Crippen LogP contribution in [0.15, 0.2) is 66.2 Å². The summed E-state index contributed by atoms with van der Waals surface area (Å²) in [6.07, 6.45) is 3.68. The SMILES string of the molecule is COc1ccc(C(=O)CCC(=O)N2CCC(c3nc(C(=O)Nc4ccc5ncccc5c4)cs3)CC2)cc1. The molecule has 1 aliphatic rings. The Bertz CT molecular complexity index is 1460. The van der Waals surface area contributed by atoms with Gasteiger partial charge in [0.05, 0.1) is 17.6 Å². The maximum atomic E-state index is 12.8. The van der Waals surface area contributed by atoms with Crippen molar-refractivity contribution in [2.75, 3.05) is 25.5 Å². The molecule has 194 valence electrons. The van der Waals surface area contributed by atoms with Gasteiger partial charge >= 0.3 is 0 Å². The van der Waals surface area contributed by atoms with Crippen LogP contribution in [0, 0.1) is 0 Å². The van der Waals surface area contributed by atoms with Gasteiger partial charge in [0.25, 0.3) is 5.91 Å². The zero-order valence-electron chi connectivity index (χ0n) is 21.1. The molecule has 0 aliphatic carbocycles. The van der Waals surface area contributed by atoms with Crippen LogP contribution in [-0.4, -0.2) is 52.7 Å². The van der Waals surface area contributed by atoms with Crippen LogP contribution in [0.4, 0.5) is 5.69 Å². The van der Waals surface area contributed by atoms with E-state index in [1.807, 2.05) is 35.2 Å². The lowest BCUT2D eigenvalue weighted by molar-refractivity contribution is -0.132. The minimum atomic E-state index is -0.245. The van der Waals surface area contributed by atoms with Crippen molar-refractivity contribution in [3.8, 4) is 5.75 Å². The van der Waals surface area contributed by atoms with E-state index < -0.39 is 0 Å². The third-order valence-corrected chi connectivity index (χ3v) is 7.80. The van der Waals surface area contributed by atoms with Crippen LogP contribution in [0.1, 0.15) is 57.5 Å². The average Bonchev–Trinajstić information content (AvgIpc) is 3.46. The summed E-state index contributed by atoms with van der Waals surface area (Å²) in [5.41, 5.74) is 2.54. The first-order valence-electron chi connectivity index (χ1n) is 12.6. The van der Waals surface area contributed by atoms with Gasteiger partial charge in [-0.1, -0.05) is 6.07 Å². The van der Waals surface area contributed by atoms with Crippen LogP contribution in [0.2, 0.25) is 0 Å². The Hall–Kier alpha value is -4.11. The van der Waals surface area contributed by atoms with E-state index in [1.165, 1.54) is 11.3 Å². The molecular formula is C29H28N4O4S. The smallest absolute Gasteiger partial charge is 0.275 e. The standard InChI is InChI=1S/C29H28N4O4S/c1-37-23-7-4-19(5-8-23)26(34)10-11-27(35)33-15-12-20(13-16-33)29-32-25(18-38-29)28(36)31-22-6-9-24-21(17-22)3-2-14-30-24/h2-9,14,17-18,20H,10-13,15-16H2,1H3,(H,31,36).